The summed E-state index contributed by atoms with van der Waals surface area (Å²) in [5.74, 6) is 1.28. The minimum Gasteiger partial charge on any atom is -0.491 e. The van der Waals surface area contributed by atoms with Crippen LogP contribution in [0.3, 0.4) is 0 Å². The van der Waals surface area contributed by atoms with Crippen molar-refractivity contribution in [2.24, 2.45) is 16.3 Å². The molecule has 0 aromatic heterocycles. The third-order valence-electron chi connectivity index (χ3n) is 7.61. The molecule has 3 aliphatic rings. The maximum atomic E-state index is 13.0. The number of benzene rings is 2. The van der Waals surface area contributed by atoms with E-state index in [9.17, 15) is 9.90 Å². The van der Waals surface area contributed by atoms with E-state index in [0.29, 0.717) is 12.0 Å². The van der Waals surface area contributed by atoms with E-state index < -0.39 is 6.10 Å². The first kappa shape index (κ1) is 24.7. The zero-order valence-corrected chi connectivity index (χ0v) is 20.8. The molecule has 9 heteroatoms. The van der Waals surface area contributed by atoms with Gasteiger partial charge in [0.25, 0.3) is 5.91 Å². The van der Waals surface area contributed by atoms with Crippen LogP contribution in [-0.2, 0) is 6.42 Å². The van der Waals surface area contributed by atoms with Crippen LogP contribution in [0.1, 0.15) is 41.6 Å². The van der Waals surface area contributed by atoms with E-state index in [0.717, 1.165) is 56.5 Å². The Morgan fingerprint density at radius 1 is 1.08 bits per heavy atom. The number of amides is 1. The number of piperidine rings is 1. The molecule has 0 saturated carbocycles. The largest absolute Gasteiger partial charge is 0.491 e. The Morgan fingerprint density at radius 2 is 1.83 bits per heavy atom. The van der Waals surface area contributed by atoms with Gasteiger partial charge in [-0.2, -0.15) is 5.01 Å². The monoisotopic (exact) mass is 492 g/mol. The molecule has 0 aliphatic carbocycles. The van der Waals surface area contributed by atoms with Gasteiger partial charge in [0.1, 0.15) is 24.6 Å². The molecule has 3 aliphatic heterocycles. The second-order valence-electron chi connectivity index (χ2n) is 10.1. The lowest BCUT2D eigenvalue weighted by atomic mass is 9.93. The summed E-state index contributed by atoms with van der Waals surface area (Å²) >= 11 is 0. The SMILES string of the molecule is CN1NN=NC1C1CCN(C(=O)c2ccc(C[C@@H]3CC[C@H]([C@H](O)COc4ccccc4)N3)cc2)CC1. The zero-order chi connectivity index (χ0) is 24.9. The molecule has 1 unspecified atom stereocenters. The molecule has 36 heavy (non-hydrogen) atoms. The van der Waals surface area contributed by atoms with Crippen LogP contribution in [0.5, 0.6) is 5.75 Å². The Bertz CT molecular complexity index is 1030. The van der Waals surface area contributed by atoms with Crippen molar-refractivity contribution in [1.29, 1.82) is 0 Å². The van der Waals surface area contributed by atoms with Crippen LogP contribution < -0.4 is 15.6 Å². The van der Waals surface area contributed by atoms with E-state index in [1.54, 1.807) is 0 Å². The molecule has 0 spiro atoms. The first-order valence-corrected chi connectivity index (χ1v) is 13.0. The smallest absolute Gasteiger partial charge is 0.253 e. The van der Waals surface area contributed by atoms with Crippen LogP contribution in [-0.4, -0.2) is 72.0 Å². The lowest BCUT2D eigenvalue weighted by molar-refractivity contribution is 0.0611. The van der Waals surface area contributed by atoms with Crippen molar-refractivity contribution in [3.05, 3.63) is 65.7 Å². The van der Waals surface area contributed by atoms with Crippen molar-refractivity contribution in [2.45, 2.75) is 56.5 Å². The number of hydrazine groups is 1. The first-order valence-electron chi connectivity index (χ1n) is 13.0. The summed E-state index contributed by atoms with van der Waals surface area (Å²) in [7, 11) is 1.95. The van der Waals surface area contributed by atoms with E-state index in [1.165, 1.54) is 5.56 Å². The quantitative estimate of drug-likeness (QED) is 0.524. The summed E-state index contributed by atoms with van der Waals surface area (Å²) in [6.45, 7) is 1.77. The molecule has 0 bridgehead atoms. The predicted octanol–water partition coefficient (Wildman–Crippen LogP) is 2.79. The molecule has 9 nitrogen and oxygen atoms in total. The lowest BCUT2D eigenvalue weighted by Gasteiger charge is -2.34. The molecule has 4 atom stereocenters. The van der Waals surface area contributed by atoms with Crippen molar-refractivity contribution in [1.82, 2.24) is 20.8 Å². The molecule has 2 saturated heterocycles. The summed E-state index contributed by atoms with van der Waals surface area (Å²) in [4.78, 5) is 15.0. The van der Waals surface area contributed by atoms with Crippen molar-refractivity contribution in [3.63, 3.8) is 0 Å². The van der Waals surface area contributed by atoms with Crippen LogP contribution in [0.2, 0.25) is 0 Å². The van der Waals surface area contributed by atoms with Gasteiger partial charge in [0, 0.05) is 43.7 Å². The molecule has 0 radical (unpaired) electrons. The van der Waals surface area contributed by atoms with Crippen LogP contribution in [0.4, 0.5) is 0 Å². The molecule has 3 heterocycles. The van der Waals surface area contributed by atoms with E-state index in [2.05, 4.69) is 33.3 Å². The van der Waals surface area contributed by atoms with Gasteiger partial charge in [-0.25, -0.2) is 5.53 Å². The Labute approximate surface area is 212 Å². The van der Waals surface area contributed by atoms with Gasteiger partial charge >= 0.3 is 0 Å². The van der Waals surface area contributed by atoms with Crippen molar-refractivity contribution >= 4 is 5.91 Å². The molecule has 2 aromatic carbocycles. The van der Waals surface area contributed by atoms with Gasteiger partial charge in [-0.15, -0.1) is 5.11 Å². The van der Waals surface area contributed by atoms with Crippen molar-refractivity contribution in [3.8, 4) is 5.75 Å². The Morgan fingerprint density at radius 3 is 2.53 bits per heavy atom. The second-order valence-corrected chi connectivity index (χ2v) is 10.1. The lowest BCUT2D eigenvalue weighted by Crippen LogP contribution is -2.45. The first-order chi connectivity index (χ1) is 17.6. The van der Waals surface area contributed by atoms with Crippen molar-refractivity contribution < 1.29 is 14.6 Å². The average molecular weight is 493 g/mol. The number of carbonyl (C=O) groups is 1. The van der Waals surface area contributed by atoms with E-state index >= 15 is 0 Å². The molecule has 5 rings (SSSR count). The fraction of sp³-hybridized carbons (Fsp3) is 0.519. The second kappa shape index (κ2) is 11.4. The summed E-state index contributed by atoms with van der Waals surface area (Å²) in [5.41, 5.74) is 4.80. The summed E-state index contributed by atoms with van der Waals surface area (Å²) < 4.78 is 5.72. The number of aliphatic hydroxyl groups is 1. The van der Waals surface area contributed by atoms with Gasteiger partial charge < -0.3 is 20.1 Å². The molecule has 1 amide bonds. The highest BCUT2D eigenvalue weighted by Crippen LogP contribution is 2.27. The number of hydrogen-bond acceptors (Lipinski definition) is 8. The predicted molar refractivity (Wildman–Crippen MR) is 136 cm³/mol. The number of aliphatic hydroxyl groups excluding tert-OH is 1. The highest BCUT2D eigenvalue weighted by atomic mass is 16.5. The standard InChI is InChI=1S/C27H36N6O3/c1-32-26(29-30-31-32)20-13-15-33(16-14-20)27(35)21-9-7-19(8-10-21)17-22-11-12-24(28-22)25(34)18-36-23-5-3-2-4-6-23/h2-10,20,22,24-26,28,34H,11-18H2,1H3,(H,29,31)/t22-,24+,25+,26?/m0/s1. The van der Waals surface area contributed by atoms with Crippen LogP contribution in [0, 0.1) is 5.92 Å². The zero-order valence-electron chi connectivity index (χ0n) is 20.8. The highest BCUT2D eigenvalue weighted by Gasteiger charge is 2.33. The summed E-state index contributed by atoms with van der Waals surface area (Å²) in [5, 5.41) is 24.2. The van der Waals surface area contributed by atoms with Gasteiger partial charge in [0.2, 0.25) is 0 Å². The highest BCUT2D eigenvalue weighted by molar-refractivity contribution is 5.94. The maximum absolute atomic E-state index is 13.0. The molecule has 3 N–H and O–H groups in total. The number of para-hydroxylation sites is 1. The Hall–Kier alpha value is -3.01. The fourth-order valence-electron chi connectivity index (χ4n) is 5.48. The molecule has 192 valence electrons. The number of nitrogens with zero attached hydrogens (tertiary/aromatic N) is 4. The number of hydrogen-bond donors (Lipinski definition) is 3. The van der Waals surface area contributed by atoms with Gasteiger partial charge in [-0.05, 0) is 61.9 Å². The maximum Gasteiger partial charge on any atom is 0.253 e. The minimum absolute atomic E-state index is 0.0313. The third kappa shape index (κ3) is 5.86. The van der Waals surface area contributed by atoms with E-state index in [4.69, 9.17) is 4.74 Å². The van der Waals surface area contributed by atoms with Gasteiger partial charge in [-0.3, -0.25) is 4.79 Å². The third-order valence-corrected chi connectivity index (χ3v) is 7.61. The summed E-state index contributed by atoms with van der Waals surface area (Å²) in [6.07, 6.45) is 4.17. The topological polar surface area (TPSA) is 102 Å². The van der Waals surface area contributed by atoms with Crippen LogP contribution in [0.25, 0.3) is 0 Å². The molecule has 2 fully saturated rings. The van der Waals surface area contributed by atoms with Crippen molar-refractivity contribution in [2.75, 3.05) is 26.7 Å². The minimum atomic E-state index is -0.548. The number of ether oxygens (including phenoxy) is 1. The van der Waals surface area contributed by atoms with Gasteiger partial charge in [0.15, 0.2) is 0 Å². The van der Waals surface area contributed by atoms with Gasteiger partial charge in [0.05, 0.1) is 0 Å². The number of likely N-dealkylation sites (tertiary alicyclic amines) is 1. The van der Waals surface area contributed by atoms with E-state index in [1.807, 2.05) is 59.4 Å². The Kier molecular flexibility index (Phi) is 7.79. The summed E-state index contributed by atoms with van der Waals surface area (Å²) in [6, 6.07) is 17.9. The van der Waals surface area contributed by atoms with Crippen LogP contribution in [0.15, 0.2) is 64.9 Å². The molecular formula is C27H36N6O3. The fourth-order valence-corrected chi connectivity index (χ4v) is 5.48. The number of carbonyl (C=O) groups excluding carboxylic acids is 1. The normalized spacial score (nSPS) is 25.6. The van der Waals surface area contributed by atoms with Crippen LogP contribution >= 0.6 is 0 Å². The average Bonchev–Trinajstić information content (AvgIpc) is 3.57. The number of nitrogens with one attached hydrogen (secondary N) is 2. The Balaban J connectivity index is 1.06. The number of rotatable bonds is 8. The van der Waals surface area contributed by atoms with Gasteiger partial charge in [-0.1, -0.05) is 35.6 Å². The molecule has 2 aromatic rings. The van der Waals surface area contributed by atoms with E-state index in [-0.39, 0.29) is 24.7 Å². The molecular weight excluding hydrogens is 456 g/mol.